The number of nitrogen functional groups attached to an aromatic ring is 1. The molecule has 1 heterocycles. The Balaban J connectivity index is 1.90. The lowest BCUT2D eigenvalue weighted by Crippen LogP contribution is -2.22. The number of nitrogens with zero attached hydrogens (tertiary/aromatic N) is 2. The van der Waals surface area contributed by atoms with Gasteiger partial charge in [0.1, 0.15) is 11.0 Å². The van der Waals surface area contributed by atoms with Crippen LogP contribution in [-0.2, 0) is 6.54 Å². The second kappa shape index (κ2) is 5.47. The first kappa shape index (κ1) is 11.6. The Labute approximate surface area is 104 Å². The van der Waals surface area contributed by atoms with Gasteiger partial charge < -0.3 is 11.2 Å². The Kier molecular flexibility index (Phi) is 3.74. The maximum atomic E-state index is 5.75. The molecule has 0 amide bonds. The predicted octanol–water partition coefficient (Wildman–Crippen LogP) is 1.83. The SMILES string of the molecule is Nc1nc(Cl)cc(NNCc2ccccc2)n1. The van der Waals surface area contributed by atoms with Gasteiger partial charge >= 0.3 is 0 Å². The molecule has 0 aliphatic rings. The molecule has 0 unspecified atom stereocenters. The smallest absolute Gasteiger partial charge is 0.223 e. The standard InChI is InChI=1S/C11H12ClN5/c12-9-6-10(16-11(13)15-9)17-14-7-8-4-2-1-3-5-8/h1-6,14H,7H2,(H3,13,15,16,17). The molecule has 0 saturated carbocycles. The third-order valence-electron chi connectivity index (χ3n) is 2.06. The third kappa shape index (κ3) is 3.58. The van der Waals surface area contributed by atoms with Gasteiger partial charge in [0.15, 0.2) is 0 Å². The third-order valence-corrected chi connectivity index (χ3v) is 2.26. The van der Waals surface area contributed by atoms with E-state index >= 15 is 0 Å². The number of hydrogen-bond donors (Lipinski definition) is 3. The minimum absolute atomic E-state index is 0.140. The van der Waals surface area contributed by atoms with E-state index in [1.807, 2.05) is 30.3 Å². The van der Waals surface area contributed by atoms with E-state index in [0.29, 0.717) is 17.5 Å². The van der Waals surface area contributed by atoms with E-state index in [-0.39, 0.29) is 5.95 Å². The van der Waals surface area contributed by atoms with E-state index in [2.05, 4.69) is 20.8 Å². The first-order chi connectivity index (χ1) is 8.24. The summed E-state index contributed by atoms with van der Waals surface area (Å²) in [7, 11) is 0. The Hall–Kier alpha value is -1.85. The zero-order chi connectivity index (χ0) is 12.1. The van der Waals surface area contributed by atoms with Crippen LogP contribution in [0.15, 0.2) is 36.4 Å². The Bertz CT molecular complexity index is 468. The van der Waals surface area contributed by atoms with Gasteiger partial charge in [-0.05, 0) is 5.56 Å². The summed E-state index contributed by atoms with van der Waals surface area (Å²) in [6, 6.07) is 11.6. The zero-order valence-corrected chi connectivity index (χ0v) is 9.78. The van der Waals surface area contributed by atoms with E-state index in [9.17, 15) is 0 Å². The van der Waals surface area contributed by atoms with Crippen LogP contribution in [0.4, 0.5) is 11.8 Å². The molecule has 0 fully saturated rings. The summed E-state index contributed by atoms with van der Waals surface area (Å²) in [5.41, 5.74) is 12.6. The number of hydrogen-bond acceptors (Lipinski definition) is 5. The summed E-state index contributed by atoms with van der Waals surface area (Å²) in [5, 5.41) is 0.307. The van der Waals surface area contributed by atoms with Crippen molar-refractivity contribution in [2.24, 2.45) is 0 Å². The van der Waals surface area contributed by atoms with Crippen LogP contribution in [-0.4, -0.2) is 9.97 Å². The Morgan fingerprint density at radius 3 is 2.65 bits per heavy atom. The van der Waals surface area contributed by atoms with Crippen molar-refractivity contribution in [3.8, 4) is 0 Å². The van der Waals surface area contributed by atoms with Crippen molar-refractivity contribution in [2.45, 2.75) is 6.54 Å². The van der Waals surface area contributed by atoms with Gasteiger partial charge in [-0.2, -0.15) is 4.98 Å². The Morgan fingerprint density at radius 2 is 1.94 bits per heavy atom. The van der Waals surface area contributed by atoms with E-state index < -0.39 is 0 Å². The molecule has 17 heavy (non-hydrogen) atoms. The molecule has 0 aliphatic heterocycles. The largest absolute Gasteiger partial charge is 0.368 e. The molecule has 0 saturated heterocycles. The highest BCUT2D eigenvalue weighted by atomic mass is 35.5. The highest BCUT2D eigenvalue weighted by Gasteiger charge is 1.99. The zero-order valence-electron chi connectivity index (χ0n) is 9.02. The van der Waals surface area contributed by atoms with Crippen molar-refractivity contribution in [3.63, 3.8) is 0 Å². The maximum Gasteiger partial charge on any atom is 0.223 e. The fourth-order valence-electron chi connectivity index (χ4n) is 1.33. The quantitative estimate of drug-likeness (QED) is 0.569. The average molecular weight is 250 g/mol. The van der Waals surface area contributed by atoms with Crippen LogP contribution in [0.3, 0.4) is 0 Å². The molecule has 0 aliphatic carbocycles. The van der Waals surface area contributed by atoms with Gasteiger partial charge in [-0.3, -0.25) is 0 Å². The molecule has 0 bridgehead atoms. The van der Waals surface area contributed by atoms with Crippen LogP contribution in [0.25, 0.3) is 0 Å². The molecule has 1 aromatic heterocycles. The second-order valence-corrected chi connectivity index (χ2v) is 3.79. The molecule has 4 N–H and O–H groups in total. The number of anilines is 2. The molecule has 5 nitrogen and oxygen atoms in total. The lowest BCUT2D eigenvalue weighted by molar-refractivity contribution is 0.794. The van der Waals surface area contributed by atoms with Crippen molar-refractivity contribution in [2.75, 3.05) is 11.2 Å². The summed E-state index contributed by atoms with van der Waals surface area (Å²) in [4.78, 5) is 7.74. The average Bonchev–Trinajstić information content (AvgIpc) is 2.29. The van der Waals surface area contributed by atoms with Gasteiger partial charge in [0.2, 0.25) is 5.95 Å². The van der Waals surface area contributed by atoms with Gasteiger partial charge in [-0.1, -0.05) is 41.9 Å². The van der Waals surface area contributed by atoms with Crippen LogP contribution in [0.1, 0.15) is 5.56 Å². The van der Waals surface area contributed by atoms with Gasteiger partial charge in [0, 0.05) is 12.6 Å². The van der Waals surface area contributed by atoms with E-state index in [4.69, 9.17) is 17.3 Å². The normalized spacial score (nSPS) is 10.2. The van der Waals surface area contributed by atoms with E-state index in [1.165, 1.54) is 0 Å². The monoisotopic (exact) mass is 249 g/mol. The summed E-state index contributed by atoms with van der Waals surface area (Å²) in [5.74, 6) is 0.681. The summed E-state index contributed by atoms with van der Waals surface area (Å²) >= 11 is 5.75. The van der Waals surface area contributed by atoms with Gasteiger partial charge in [0.25, 0.3) is 0 Å². The molecule has 0 spiro atoms. The van der Waals surface area contributed by atoms with Crippen molar-refractivity contribution >= 4 is 23.4 Å². The molecule has 6 heteroatoms. The summed E-state index contributed by atoms with van der Waals surface area (Å²) in [6.45, 7) is 0.669. The molecule has 0 radical (unpaired) electrons. The number of benzene rings is 1. The van der Waals surface area contributed by atoms with Crippen molar-refractivity contribution in [1.29, 1.82) is 0 Å². The number of nitrogens with two attached hydrogens (primary N) is 1. The molecular weight excluding hydrogens is 238 g/mol. The Morgan fingerprint density at radius 1 is 1.18 bits per heavy atom. The minimum atomic E-state index is 0.140. The number of aromatic nitrogens is 2. The first-order valence-corrected chi connectivity index (χ1v) is 5.45. The lowest BCUT2D eigenvalue weighted by Gasteiger charge is -2.08. The van der Waals surface area contributed by atoms with E-state index in [1.54, 1.807) is 6.07 Å². The minimum Gasteiger partial charge on any atom is -0.368 e. The maximum absolute atomic E-state index is 5.75. The topological polar surface area (TPSA) is 75.9 Å². The molecule has 2 aromatic rings. The highest BCUT2D eigenvalue weighted by molar-refractivity contribution is 6.29. The van der Waals surface area contributed by atoms with Crippen LogP contribution in [0.2, 0.25) is 5.15 Å². The highest BCUT2D eigenvalue weighted by Crippen LogP contribution is 2.11. The van der Waals surface area contributed by atoms with E-state index in [0.717, 1.165) is 5.56 Å². The summed E-state index contributed by atoms with van der Waals surface area (Å²) < 4.78 is 0. The second-order valence-electron chi connectivity index (χ2n) is 3.40. The fraction of sp³-hybridized carbons (Fsp3) is 0.0909. The van der Waals surface area contributed by atoms with Crippen molar-refractivity contribution < 1.29 is 0 Å². The predicted molar refractivity (Wildman–Crippen MR) is 68.4 cm³/mol. The van der Waals surface area contributed by atoms with Crippen molar-refractivity contribution in [1.82, 2.24) is 15.4 Å². The molecule has 1 aromatic carbocycles. The lowest BCUT2D eigenvalue weighted by atomic mass is 10.2. The van der Waals surface area contributed by atoms with Crippen molar-refractivity contribution in [3.05, 3.63) is 47.1 Å². The fourth-order valence-corrected chi connectivity index (χ4v) is 1.52. The van der Waals surface area contributed by atoms with Gasteiger partial charge in [0.05, 0.1) is 0 Å². The van der Waals surface area contributed by atoms with Crippen LogP contribution in [0, 0.1) is 0 Å². The number of hydrazine groups is 1. The molecule has 0 atom stereocenters. The first-order valence-electron chi connectivity index (χ1n) is 5.07. The molecule has 88 valence electrons. The number of halogens is 1. The van der Waals surface area contributed by atoms with Crippen LogP contribution < -0.4 is 16.6 Å². The van der Waals surface area contributed by atoms with Crippen LogP contribution >= 0.6 is 11.6 Å². The molecule has 2 rings (SSSR count). The van der Waals surface area contributed by atoms with Crippen LogP contribution in [0.5, 0.6) is 0 Å². The number of nitrogens with one attached hydrogen (secondary N) is 2. The van der Waals surface area contributed by atoms with Gasteiger partial charge in [-0.15, -0.1) is 0 Å². The number of rotatable bonds is 4. The summed E-state index contributed by atoms with van der Waals surface area (Å²) in [6.07, 6.45) is 0. The molecular formula is C11H12ClN5. The van der Waals surface area contributed by atoms with Gasteiger partial charge in [-0.25, -0.2) is 10.4 Å².